The van der Waals surface area contributed by atoms with E-state index in [0.717, 1.165) is 19.5 Å². The molecule has 0 radical (unpaired) electrons. The number of aryl methyl sites for hydroxylation is 2. The van der Waals surface area contributed by atoms with Crippen LogP contribution in [0.15, 0.2) is 18.3 Å². The summed E-state index contributed by atoms with van der Waals surface area (Å²) in [6.45, 7) is 6.70. The Balaban J connectivity index is 1.24. The van der Waals surface area contributed by atoms with Crippen LogP contribution in [0.4, 0.5) is 0 Å². The molecule has 4 heterocycles. The number of hydrogen-bond donors (Lipinski definition) is 0. The van der Waals surface area contributed by atoms with Gasteiger partial charge in [-0.2, -0.15) is 0 Å². The van der Waals surface area contributed by atoms with Gasteiger partial charge in [-0.3, -0.25) is 9.88 Å². The third-order valence-corrected chi connectivity index (χ3v) is 7.00. The minimum Gasteiger partial charge on any atom is -0.315 e. The fraction of sp³-hybridized carbons (Fsp3) is 0.667. The van der Waals surface area contributed by atoms with Crippen LogP contribution < -0.4 is 0 Å². The molecule has 0 aromatic carbocycles. The van der Waals surface area contributed by atoms with Crippen LogP contribution in [0.5, 0.6) is 0 Å². The maximum atomic E-state index is 4.64. The van der Waals surface area contributed by atoms with E-state index in [1.165, 1.54) is 74.5 Å². The van der Waals surface area contributed by atoms with Gasteiger partial charge in [-0.05, 0) is 69.2 Å². The summed E-state index contributed by atoms with van der Waals surface area (Å²) in [7, 11) is 0. The van der Waals surface area contributed by atoms with E-state index in [2.05, 4.69) is 43.7 Å². The molecule has 2 aromatic rings. The third kappa shape index (κ3) is 2.86. The van der Waals surface area contributed by atoms with E-state index < -0.39 is 0 Å². The van der Waals surface area contributed by atoms with Crippen molar-refractivity contribution < 1.29 is 0 Å². The summed E-state index contributed by atoms with van der Waals surface area (Å²) in [6, 6.07) is 4.28. The second kappa shape index (κ2) is 6.45. The number of aromatic nitrogens is 4. The Morgan fingerprint density at radius 3 is 2.85 bits per heavy atom. The van der Waals surface area contributed by atoms with Crippen molar-refractivity contribution >= 4 is 0 Å². The largest absolute Gasteiger partial charge is 0.315 e. The van der Waals surface area contributed by atoms with Crippen LogP contribution in [0.2, 0.25) is 0 Å². The molecule has 138 valence electrons. The summed E-state index contributed by atoms with van der Waals surface area (Å²) in [5.74, 6) is 3.20. The van der Waals surface area contributed by atoms with Gasteiger partial charge < -0.3 is 4.57 Å². The maximum Gasteiger partial charge on any atom is 0.136 e. The molecule has 1 unspecified atom stereocenters. The van der Waals surface area contributed by atoms with E-state index in [1.54, 1.807) is 0 Å². The number of pyridine rings is 1. The van der Waals surface area contributed by atoms with E-state index in [-0.39, 0.29) is 0 Å². The van der Waals surface area contributed by atoms with Crippen LogP contribution in [0.25, 0.3) is 0 Å². The van der Waals surface area contributed by atoms with Gasteiger partial charge in [-0.1, -0.05) is 12.5 Å². The summed E-state index contributed by atoms with van der Waals surface area (Å²) in [6.07, 6.45) is 10.8. The van der Waals surface area contributed by atoms with Gasteiger partial charge in [0.1, 0.15) is 11.6 Å². The number of rotatable bonds is 3. The highest BCUT2D eigenvalue weighted by Gasteiger charge is 2.57. The van der Waals surface area contributed by atoms with Crippen molar-refractivity contribution in [2.45, 2.75) is 70.9 Å². The molecule has 1 saturated heterocycles. The second-order valence-electron chi connectivity index (χ2n) is 8.58. The summed E-state index contributed by atoms with van der Waals surface area (Å²) in [5.41, 5.74) is 3.05. The van der Waals surface area contributed by atoms with Gasteiger partial charge in [-0.15, -0.1) is 10.2 Å². The third-order valence-electron chi connectivity index (χ3n) is 7.00. The number of fused-ring (bicyclic) bond motifs is 1. The first-order valence-electron chi connectivity index (χ1n) is 10.3. The summed E-state index contributed by atoms with van der Waals surface area (Å²) >= 11 is 0. The molecule has 3 aliphatic rings. The van der Waals surface area contributed by atoms with Crippen molar-refractivity contribution in [3.05, 3.63) is 41.2 Å². The maximum absolute atomic E-state index is 4.64. The quantitative estimate of drug-likeness (QED) is 0.849. The minimum atomic E-state index is 0.511. The van der Waals surface area contributed by atoms with Crippen molar-refractivity contribution in [2.24, 2.45) is 5.41 Å². The fourth-order valence-electron chi connectivity index (χ4n) is 5.11. The monoisotopic (exact) mass is 351 g/mol. The molecule has 2 aromatic heterocycles. The average Bonchev–Trinajstić information content (AvgIpc) is 3.29. The highest BCUT2D eigenvalue weighted by Crippen LogP contribution is 2.64. The predicted molar refractivity (Wildman–Crippen MR) is 101 cm³/mol. The predicted octanol–water partition coefficient (Wildman–Crippen LogP) is 3.48. The van der Waals surface area contributed by atoms with Gasteiger partial charge >= 0.3 is 0 Å². The zero-order chi connectivity index (χ0) is 17.6. The molecule has 0 N–H and O–H groups in total. The van der Waals surface area contributed by atoms with Crippen molar-refractivity contribution in [1.82, 2.24) is 24.6 Å². The van der Waals surface area contributed by atoms with Gasteiger partial charge in [0.2, 0.25) is 0 Å². The highest BCUT2D eigenvalue weighted by atomic mass is 15.3. The fourth-order valence-corrected chi connectivity index (χ4v) is 5.11. The van der Waals surface area contributed by atoms with Crippen molar-refractivity contribution in [3.63, 3.8) is 0 Å². The standard InChI is InChI=1S/C21H29N5/c1-16-17(6-5-10-22-16)15-25-12-8-21(9-13-25)14-18(21)20-24-23-19-7-3-2-4-11-26(19)20/h5-6,10,18H,2-4,7-9,11-15H2,1H3. The number of hydrogen-bond acceptors (Lipinski definition) is 4. The molecule has 5 nitrogen and oxygen atoms in total. The molecule has 0 bridgehead atoms. The van der Waals surface area contributed by atoms with E-state index in [1.807, 2.05) is 6.20 Å². The molecular weight excluding hydrogens is 322 g/mol. The molecule has 1 spiro atoms. The molecule has 26 heavy (non-hydrogen) atoms. The lowest BCUT2D eigenvalue weighted by atomic mass is 9.90. The zero-order valence-corrected chi connectivity index (χ0v) is 15.8. The lowest BCUT2D eigenvalue weighted by molar-refractivity contribution is 0.161. The van der Waals surface area contributed by atoms with E-state index in [0.29, 0.717) is 11.3 Å². The van der Waals surface area contributed by atoms with Crippen LogP contribution in [0, 0.1) is 12.3 Å². The first kappa shape index (κ1) is 16.4. The van der Waals surface area contributed by atoms with E-state index in [9.17, 15) is 0 Å². The van der Waals surface area contributed by atoms with Gasteiger partial charge in [-0.25, -0.2) is 0 Å². The van der Waals surface area contributed by atoms with Crippen LogP contribution in [0.1, 0.15) is 67.3 Å². The summed E-state index contributed by atoms with van der Waals surface area (Å²) < 4.78 is 2.47. The van der Waals surface area contributed by atoms with Crippen molar-refractivity contribution in [3.8, 4) is 0 Å². The van der Waals surface area contributed by atoms with Crippen LogP contribution in [-0.4, -0.2) is 37.7 Å². The number of likely N-dealkylation sites (tertiary alicyclic amines) is 1. The van der Waals surface area contributed by atoms with E-state index >= 15 is 0 Å². The lowest BCUT2D eigenvalue weighted by Gasteiger charge is -2.33. The Morgan fingerprint density at radius 1 is 1.12 bits per heavy atom. The molecule has 1 aliphatic carbocycles. The Bertz CT molecular complexity index is 787. The van der Waals surface area contributed by atoms with Gasteiger partial charge in [0.15, 0.2) is 0 Å². The highest BCUT2D eigenvalue weighted by molar-refractivity contribution is 5.22. The smallest absolute Gasteiger partial charge is 0.136 e. The van der Waals surface area contributed by atoms with Crippen LogP contribution in [-0.2, 0) is 19.5 Å². The molecule has 5 heteroatoms. The molecular formula is C21H29N5. The normalized spacial score (nSPS) is 25.0. The topological polar surface area (TPSA) is 46.8 Å². The summed E-state index contributed by atoms with van der Waals surface area (Å²) in [4.78, 5) is 7.04. The Hall–Kier alpha value is -1.75. The average molecular weight is 351 g/mol. The van der Waals surface area contributed by atoms with Gasteiger partial charge in [0.05, 0.1) is 0 Å². The molecule has 2 aliphatic heterocycles. The lowest BCUT2D eigenvalue weighted by Crippen LogP contribution is -2.35. The second-order valence-corrected chi connectivity index (χ2v) is 8.58. The van der Waals surface area contributed by atoms with Crippen molar-refractivity contribution in [2.75, 3.05) is 13.1 Å². The molecule has 2 fully saturated rings. The molecule has 0 amide bonds. The van der Waals surface area contributed by atoms with Gasteiger partial charge in [0, 0.05) is 37.3 Å². The minimum absolute atomic E-state index is 0.511. The molecule has 5 rings (SSSR count). The Labute approximate surface area is 155 Å². The zero-order valence-electron chi connectivity index (χ0n) is 15.8. The summed E-state index contributed by atoms with van der Waals surface area (Å²) in [5, 5.41) is 9.17. The SMILES string of the molecule is Cc1ncccc1CN1CCC2(CC1)CC2c1nnc2n1CCCCC2. The Kier molecular flexibility index (Phi) is 4.07. The molecule has 1 atom stereocenters. The Morgan fingerprint density at radius 2 is 2.00 bits per heavy atom. The van der Waals surface area contributed by atoms with Crippen LogP contribution >= 0.6 is 0 Å². The molecule has 1 saturated carbocycles. The van der Waals surface area contributed by atoms with Crippen molar-refractivity contribution in [1.29, 1.82) is 0 Å². The van der Waals surface area contributed by atoms with Crippen LogP contribution in [0.3, 0.4) is 0 Å². The van der Waals surface area contributed by atoms with Gasteiger partial charge in [0.25, 0.3) is 0 Å². The number of piperidine rings is 1. The first-order valence-corrected chi connectivity index (χ1v) is 10.3. The van der Waals surface area contributed by atoms with E-state index in [4.69, 9.17) is 0 Å². The number of nitrogens with zero attached hydrogens (tertiary/aromatic N) is 5. The first-order chi connectivity index (χ1) is 12.8.